The smallest absolute Gasteiger partial charge is 0.302 e. The number of fused-ring (bicyclic) bond motifs is 2. The number of likely N-dealkylation sites (tertiary alicyclic amines) is 1. The van der Waals surface area contributed by atoms with Crippen LogP contribution in [0.5, 0.6) is 5.75 Å². The molecule has 22 heavy (non-hydrogen) atoms. The van der Waals surface area contributed by atoms with Crippen LogP contribution in [0.2, 0.25) is 0 Å². The first kappa shape index (κ1) is 15.3. The first-order valence-electron chi connectivity index (χ1n) is 7.26. The molecule has 4 atom stereocenters. The van der Waals surface area contributed by atoms with E-state index in [0.29, 0.717) is 13.0 Å². The number of hydrogen-bond donors (Lipinski definition) is 0. The summed E-state index contributed by atoms with van der Waals surface area (Å²) in [4.78, 5) is 25.6. The van der Waals surface area contributed by atoms with Gasteiger partial charge in [-0.2, -0.15) is 0 Å². The van der Waals surface area contributed by atoms with Gasteiger partial charge in [0, 0.05) is 13.5 Å². The standard InChI is InChI=1S/C16H18BrNO4/c1-9(19)22-13-7-12-14(17)15(13)18(16(12)20)8-10-3-5-11(21-2)6-4-10/h3-6,12-15H,7-8H2,1-2H3/t12-,13+,14-,15-/m1/s1. The number of halogens is 1. The molecule has 0 radical (unpaired) electrons. The second-order valence-electron chi connectivity index (χ2n) is 5.74. The number of methoxy groups -OCH3 is 1. The van der Waals surface area contributed by atoms with Crippen LogP contribution in [0.25, 0.3) is 0 Å². The lowest BCUT2D eigenvalue weighted by molar-refractivity contribution is -0.155. The monoisotopic (exact) mass is 367 g/mol. The Kier molecular flexibility index (Phi) is 4.12. The van der Waals surface area contributed by atoms with Crippen LogP contribution < -0.4 is 4.74 Å². The number of piperidine rings is 1. The topological polar surface area (TPSA) is 55.8 Å². The molecule has 6 heteroatoms. The molecule has 0 N–H and O–H groups in total. The fraction of sp³-hybridized carbons (Fsp3) is 0.500. The number of carbonyl (C=O) groups is 2. The maximum absolute atomic E-state index is 12.5. The molecule has 0 spiro atoms. The van der Waals surface area contributed by atoms with Gasteiger partial charge >= 0.3 is 5.97 Å². The molecule has 118 valence electrons. The quantitative estimate of drug-likeness (QED) is 0.604. The maximum atomic E-state index is 12.5. The molecular formula is C16H18BrNO4. The molecule has 2 aliphatic rings. The highest BCUT2D eigenvalue weighted by atomic mass is 79.9. The summed E-state index contributed by atoms with van der Waals surface area (Å²) in [5.41, 5.74) is 1.03. The van der Waals surface area contributed by atoms with Gasteiger partial charge in [-0.25, -0.2) is 0 Å². The van der Waals surface area contributed by atoms with Crippen molar-refractivity contribution in [3.8, 4) is 5.75 Å². The molecule has 1 aromatic rings. The van der Waals surface area contributed by atoms with Gasteiger partial charge in [0.1, 0.15) is 11.9 Å². The molecule has 0 aromatic heterocycles. The van der Waals surface area contributed by atoms with Crippen LogP contribution in [0.4, 0.5) is 0 Å². The second-order valence-corrected chi connectivity index (χ2v) is 6.80. The van der Waals surface area contributed by atoms with E-state index in [1.54, 1.807) is 7.11 Å². The fourth-order valence-corrected chi connectivity index (χ4v) is 4.44. The van der Waals surface area contributed by atoms with Crippen molar-refractivity contribution in [1.29, 1.82) is 0 Å². The van der Waals surface area contributed by atoms with Crippen LogP contribution in [0, 0.1) is 5.92 Å². The molecule has 1 saturated carbocycles. The summed E-state index contributed by atoms with van der Waals surface area (Å²) in [6.45, 7) is 1.93. The number of nitrogens with zero attached hydrogens (tertiary/aromatic N) is 1. The van der Waals surface area contributed by atoms with Gasteiger partial charge in [-0.3, -0.25) is 9.59 Å². The van der Waals surface area contributed by atoms with Gasteiger partial charge in [-0.05, 0) is 24.1 Å². The minimum Gasteiger partial charge on any atom is -0.497 e. The van der Waals surface area contributed by atoms with Crippen molar-refractivity contribution >= 4 is 27.8 Å². The van der Waals surface area contributed by atoms with Crippen LogP contribution in [0.3, 0.4) is 0 Å². The molecule has 1 amide bonds. The zero-order valence-electron chi connectivity index (χ0n) is 12.5. The number of amides is 1. The molecule has 1 heterocycles. The molecule has 3 rings (SSSR count). The Hall–Kier alpha value is -1.56. The van der Waals surface area contributed by atoms with Crippen molar-refractivity contribution in [2.24, 2.45) is 5.92 Å². The van der Waals surface area contributed by atoms with Gasteiger partial charge in [0.25, 0.3) is 0 Å². The lowest BCUT2D eigenvalue weighted by atomic mass is 10.1. The van der Waals surface area contributed by atoms with Crippen LogP contribution in [0.1, 0.15) is 18.9 Å². The van der Waals surface area contributed by atoms with Crippen molar-refractivity contribution in [1.82, 2.24) is 4.90 Å². The lowest BCUT2D eigenvalue weighted by Gasteiger charge is -2.32. The summed E-state index contributed by atoms with van der Waals surface area (Å²) < 4.78 is 10.5. The van der Waals surface area contributed by atoms with E-state index in [2.05, 4.69) is 15.9 Å². The van der Waals surface area contributed by atoms with Crippen molar-refractivity contribution in [3.63, 3.8) is 0 Å². The van der Waals surface area contributed by atoms with E-state index < -0.39 is 0 Å². The Morgan fingerprint density at radius 2 is 2.05 bits per heavy atom. The maximum Gasteiger partial charge on any atom is 0.302 e. The van der Waals surface area contributed by atoms with E-state index in [9.17, 15) is 9.59 Å². The van der Waals surface area contributed by atoms with E-state index >= 15 is 0 Å². The lowest BCUT2D eigenvalue weighted by Crippen LogP contribution is -2.46. The Balaban J connectivity index is 1.77. The van der Waals surface area contributed by atoms with Gasteiger partial charge in [0.15, 0.2) is 0 Å². The molecule has 1 aromatic carbocycles. The fourth-order valence-electron chi connectivity index (χ4n) is 3.37. The first-order chi connectivity index (χ1) is 10.5. The number of esters is 1. The minimum atomic E-state index is -0.297. The first-order valence-corrected chi connectivity index (χ1v) is 8.17. The van der Waals surface area contributed by atoms with Crippen molar-refractivity contribution < 1.29 is 19.1 Å². The second kappa shape index (κ2) is 5.91. The van der Waals surface area contributed by atoms with Gasteiger partial charge in [0.2, 0.25) is 5.91 Å². The van der Waals surface area contributed by atoms with Crippen LogP contribution in [-0.4, -0.2) is 40.9 Å². The van der Waals surface area contributed by atoms with E-state index in [-0.39, 0.29) is 34.8 Å². The summed E-state index contributed by atoms with van der Waals surface area (Å²) in [5.74, 6) is 0.516. The molecule has 2 bridgehead atoms. The van der Waals surface area contributed by atoms with Gasteiger partial charge < -0.3 is 14.4 Å². The summed E-state index contributed by atoms with van der Waals surface area (Å²) in [6, 6.07) is 7.56. The van der Waals surface area contributed by atoms with Crippen LogP contribution >= 0.6 is 15.9 Å². The van der Waals surface area contributed by atoms with E-state index in [4.69, 9.17) is 9.47 Å². The predicted octanol–water partition coefficient (Wildman–Crippen LogP) is 2.12. The van der Waals surface area contributed by atoms with E-state index in [0.717, 1.165) is 11.3 Å². The number of hydrogen-bond acceptors (Lipinski definition) is 4. The molecule has 1 saturated heterocycles. The summed E-state index contributed by atoms with van der Waals surface area (Å²) in [5, 5.41) is 0. The molecule has 2 fully saturated rings. The normalized spacial score (nSPS) is 29.8. The Morgan fingerprint density at radius 1 is 1.36 bits per heavy atom. The number of benzene rings is 1. The number of ether oxygens (including phenoxy) is 2. The SMILES string of the molecule is COc1ccc(CN2C(=O)[C@@H]3C[C@H](OC(C)=O)[C@@H]2[C@@H]3Br)cc1. The van der Waals surface area contributed by atoms with Crippen LogP contribution in [-0.2, 0) is 20.9 Å². The van der Waals surface area contributed by atoms with E-state index in [1.807, 2.05) is 29.2 Å². The third kappa shape index (κ3) is 2.60. The van der Waals surface area contributed by atoms with Gasteiger partial charge in [-0.1, -0.05) is 28.1 Å². The van der Waals surface area contributed by atoms with Gasteiger partial charge in [0.05, 0.1) is 23.9 Å². The Labute approximate surface area is 137 Å². The van der Waals surface area contributed by atoms with Crippen LogP contribution in [0.15, 0.2) is 24.3 Å². The summed E-state index contributed by atoms with van der Waals surface area (Å²) >= 11 is 3.61. The zero-order valence-corrected chi connectivity index (χ0v) is 14.1. The van der Waals surface area contributed by atoms with Crippen molar-refractivity contribution in [2.45, 2.75) is 36.9 Å². The zero-order chi connectivity index (χ0) is 15.9. The predicted molar refractivity (Wildman–Crippen MR) is 83.7 cm³/mol. The van der Waals surface area contributed by atoms with Crippen molar-refractivity contribution in [3.05, 3.63) is 29.8 Å². The average molecular weight is 368 g/mol. The number of carbonyl (C=O) groups excluding carboxylic acids is 2. The third-order valence-electron chi connectivity index (χ3n) is 4.37. The minimum absolute atomic E-state index is 0.0441. The molecular weight excluding hydrogens is 350 g/mol. The third-order valence-corrected chi connectivity index (χ3v) is 5.55. The number of alkyl halides is 1. The summed E-state index contributed by atoms with van der Waals surface area (Å²) in [6.07, 6.45) is 0.390. The van der Waals surface area contributed by atoms with Crippen molar-refractivity contribution in [2.75, 3.05) is 7.11 Å². The highest BCUT2D eigenvalue weighted by Gasteiger charge is 2.58. The molecule has 1 aliphatic heterocycles. The molecule has 5 nitrogen and oxygen atoms in total. The Bertz CT molecular complexity index is 588. The van der Waals surface area contributed by atoms with E-state index in [1.165, 1.54) is 6.92 Å². The number of rotatable bonds is 4. The molecule has 1 aliphatic carbocycles. The molecule has 0 unspecified atom stereocenters. The highest BCUT2D eigenvalue weighted by Crippen LogP contribution is 2.45. The highest BCUT2D eigenvalue weighted by molar-refractivity contribution is 9.09. The largest absolute Gasteiger partial charge is 0.497 e. The van der Waals surface area contributed by atoms with Gasteiger partial charge in [-0.15, -0.1) is 0 Å². The Morgan fingerprint density at radius 3 is 2.59 bits per heavy atom. The summed E-state index contributed by atoms with van der Waals surface area (Å²) in [7, 11) is 1.62. The average Bonchev–Trinajstić information content (AvgIpc) is 2.90.